The molecule has 1 aliphatic carbocycles. The van der Waals surface area contributed by atoms with Crippen molar-refractivity contribution in [2.45, 2.75) is 18.8 Å². The van der Waals surface area contributed by atoms with E-state index in [0.717, 1.165) is 43.4 Å². The van der Waals surface area contributed by atoms with Crippen LogP contribution in [0.15, 0.2) is 42.6 Å². The van der Waals surface area contributed by atoms with Crippen LogP contribution in [-0.2, 0) is 0 Å². The molecule has 0 N–H and O–H groups in total. The highest BCUT2D eigenvalue weighted by molar-refractivity contribution is 5.94. The van der Waals surface area contributed by atoms with E-state index >= 15 is 0 Å². The van der Waals surface area contributed by atoms with Crippen molar-refractivity contribution in [3.05, 3.63) is 54.0 Å². The molecule has 0 radical (unpaired) electrons. The molecule has 2 heterocycles. The van der Waals surface area contributed by atoms with Gasteiger partial charge in [-0.3, -0.25) is 4.79 Å². The fraction of sp³-hybridized carbons (Fsp3) is 0.389. The Labute approximate surface area is 136 Å². The Morgan fingerprint density at radius 3 is 2.43 bits per heavy atom. The molecule has 1 saturated heterocycles. The molecule has 2 aromatic rings. The topological polar surface area (TPSA) is 49.3 Å². The smallest absolute Gasteiger partial charge is 0.253 e. The van der Waals surface area contributed by atoms with Gasteiger partial charge in [-0.05, 0) is 31.0 Å². The first-order chi connectivity index (χ1) is 11.3. The molecule has 1 amide bonds. The number of benzene rings is 1. The molecule has 5 heteroatoms. The molecular formula is C18H20N4O. The van der Waals surface area contributed by atoms with Crippen LogP contribution in [0.2, 0.25) is 0 Å². The number of anilines is 1. The van der Waals surface area contributed by atoms with E-state index in [2.05, 4.69) is 9.88 Å². The Balaban J connectivity index is 1.41. The molecule has 5 nitrogen and oxygen atoms in total. The predicted molar refractivity (Wildman–Crippen MR) is 88.6 cm³/mol. The van der Waals surface area contributed by atoms with Crippen molar-refractivity contribution in [3.63, 3.8) is 0 Å². The minimum absolute atomic E-state index is 0.117. The minimum Gasteiger partial charge on any atom is -0.353 e. The van der Waals surface area contributed by atoms with Gasteiger partial charge in [0.2, 0.25) is 0 Å². The lowest BCUT2D eigenvalue weighted by Gasteiger charge is -2.35. The summed E-state index contributed by atoms with van der Waals surface area (Å²) >= 11 is 0. The highest BCUT2D eigenvalue weighted by atomic mass is 16.2. The van der Waals surface area contributed by atoms with Crippen LogP contribution < -0.4 is 4.90 Å². The van der Waals surface area contributed by atoms with Gasteiger partial charge >= 0.3 is 0 Å². The van der Waals surface area contributed by atoms with E-state index in [1.807, 2.05) is 47.5 Å². The zero-order valence-electron chi connectivity index (χ0n) is 13.1. The zero-order chi connectivity index (χ0) is 15.6. The summed E-state index contributed by atoms with van der Waals surface area (Å²) in [6.07, 6.45) is 4.28. The molecule has 1 aromatic carbocycles. The molecule has 2 aliphatic rings. The number of aromatic nitrogens is 2. The second kappa shape index (κ2) is 5.99. The summed E-state index contributed by atoms with van der Waals surface area (Å²) in [4.78, 5) is 25.7. The molecule has 1 aromatic heterocycles. The van der Waals surface area contributed by atoms with E-state index < -0.39 is 0 Å². The second-order valence-electron chi connectivity index (χ2n) is 6.19. The van der Waals surface area contributed by atoms with E-state index in [1.165, 1.54) is 12.8 Å². The van der Waals surface area contributed by atoms with Crippen LogP contribution >= 0.6 is 0 Å². The number of hydrogen-bond acceptors (Lipinski definition) is 4. The standard InChI is InChI=1S/C18H20N4O/c23-18(15-4-2-1-3-5-15)22-12-10-21(11-13-22)16-8-9-19-17(20-16)14-6-7-14/h1-5,8-9,14H,6-7,10-13H2. The van der Waals surface area contributed by atoms with Crippen molar-refractivity contribution in [3.8, 4) is 0 Å². The third-order valence-electron chi connectivity index (χ3n) is 4.51. The van der Waals surface area contributed by atoms with Crippen LogP contribution in [0.4, 0.5) is 5.82 Å². The van der Waals surface area contributed by atoms with Gasteiger partial charge in [0, 0.05) is 43.9 Å². The molecule has 1 aliphatic heterocycles. The maximum Gasteiger partial charge on any atom is 0.253 e. The Morgan fingerprint density at radius 2 is 1.74 bits per heavy atom. The highest BCUT2D eigenvalue weighted by Crippen LogP contribution is 2.38. The third kappa shape index (κ3) is 3.04. The zero-order valence-corrected chi connectivity index (χ0v) is 13.1. The average Bonchev–Trinajstić information content (AvgIpc) is 3.47. The Morgan fingerprint density at radius 1 is 1.00 bits per heavy atom. The molecule has 0 bridgehead atoms. The quantitative estimate of drug-likeness (QED) is 0.873. The monoisotopic (exact) mass is 308 g/mol. The summed E-state index contributed by atoms with van der Waals surface area (Å²) < 4.78 is 0. The number of nitrogens with zero attached hydrogens (tertiary/aromatic N) is 4. The molecule has 0 unspecified atom stereocenters. The van der Waals surface area contributed by atoms with Gasteiger partial charge in [0.15, 0.2) is 0 Å². The van der Waals surface area contributed by atoms with E-state index in [4.69, 9.17) is 4.98 Å². The molecule has 118 valence electrons. The SMILES string of the molecule is O=C(c1ccccc1)N1CCN(c2ccnc(C3CC3)n2)CC1. The summed E-state index contributed by atoms with van der Waals surface area (Å²) in [6.45, 7) is 3.10. The molecular weight excluding hydrogens is 288 g/mol. The van der Waals surface area contributed by atoms with Crippen molar-refractivity contribution in [2.75, 3.05) is 31.1 Å². The van der Waals surface area contributed by atoms with Crippen LogP contribution in [0, 0.1) is 0 Å². The third-order valence-corrected chi connectivity index (χ3v) is 4.51. The molecule has 4 rings (SSSR count). The minimum atomic E-state index is 0.117. The first-order valence-corrected chi connectivity index (χ1v) is 8.23. The Hall–Kier alpha value is -2.43. The fourth-order valence-electron chi connectivity index (χ4n) is 2.98. The van der Waals surface area contributed by atoms with E-state index in [-0.39, 0.29) is 5.91 Å². The van der Waals surface area contributed by atoms with Gasteiger partial charge in [-0.25, -0.2) is 9.97 Å². The lowest BCUT2D eigenvalue weighted by Crippen LogP contribution is -2.49. The Kier molecular flexibility index (Phi) is 3.69. The van der Waals surface area contributed by atoms with Crippen molar-refractivity contribution in [1.82, 2.24) is 14.9 Å². The van der Waals surface area contributed by atoms with Gasteiger partial charge in [-0.1, -0.05) is 18.2 Å². The molecule has 23 heavy (non-hydrogen) atoms. The largest absolute Gasteiger partial charge is 0.353 e. The summed E-state index contributed by atoms with van der Waals surface area (Å²) in [5, 5.41) is 0. The summed E-state index contributed by atoms with van der Waals surface area (Å²) in [6, 6.07) is 11.5. The van der Waals surface area contributed by atoms with Gasteiger partial charge in [0.25, 0.3) is 5.91 Å². The first-order valence-electron chi connectivity index (χ1n) is 8.23. The summed E-state index contributed by atoms with van der Waals surface area (Å²) in [7, 11) is 0. The van der Waals surface area contributed by atoms with Crippen LogP contribution in [0.1, 0.15) is 34.9 Å². The first kappa shape index (κ1) is 14.2. The number of hydrogen-bond donors (Lipinski definition) is 0. The van der Waals surface area contributed by atoms with Gasteiger partial charge in [0.05, 0.1) is 0 Å². The molecule has 0 atom stereocenters. The predicted octanol–water partition coefficient (Wildman–Crippen LogP) is 2.32. The van der Waals surface area contributed by atoms with Crippen molar-refractivity contribution in [2.24, 2.45) is 0 Å². The average molecular weight is 308 g/mol. The van der Waals surface area contributed by atoms with Crippen molar-refractivity contribution < 1.29 is 4.79 Å². The van der Waals surface area contributed by atoms with Crippen LogP contribution in [0.5, 0.6) is 0 Å². The lowest BCUT2D eigenvalue weighted by molar-refractivity contribution is 0.0746. The van der Waals surface area contributed by atoms with Crippen LogP contribution in [0.25, 0.3) is 0 Å². The van der Waals surface area contributed by atoms with Crippen molar-refractivity contribution >= 4 is 11.7 Å². The van der Waals surface area contributed by atoms with Crippen molar-refractivity contribution in [1.29, 1.82) is 0 Å². The van der Waals surface area contributed by atoms with E-state index in [0.29, 0.717) is 5.92 Å². The lowest BCUT2D eigenvalue weighted by atomic mass is 10.2. The maximum atomic E-state index is 12.5. The highest BCUT2D eigenvalue weighted by Gasteiger charge is 2.28. The number of piperazine rings is 1. The van der Waals surface area contributed by atoms with E-state index in [1.54, 1.807) is 0 Å². The molecule has 1 saturated carbocycles. The van der Waals surface area contributed by atoms with Gasteiger partial charge in [-0.2, -0.15) is 0 Å². The number of carbonyl (C=O) groups is 1. The van der Waals surface area contributed by atoms with Gasteiger partial charge in [0.1, 0.15) is 11.6 Å². The van der Waals surface area contributed by atoms with Crippen LogP contribution in [0.3, 0.4) is 0 Å². The second-order valence-corrected chi connectivity index (χ2v) is 6.19. The number of carbonyl (C=O) groups excluding carboxylic acids is 1. The van der Waals surface area contributed by atoms with Crippen LogP contribution in [-0.4, -0.2) is 47.0 Å². The normalized spacial score (nSPS) is 18.1. The number of rotatable bonds is 3. The number of amides is 1. The molecule has 2 fully saturated rings. The van der Waals surface area contributed by atoms with Gasteiger partial charge < -0.3 is 9.80 Å². The Bertz CT molecular complexity index is 691. The maximum absolute atomic E-state index is 12.5. The fourth-order valence-corrected chi connectivity index (χ4v) is 2.98. The van der Waals surface area contributed by atoms with E-state index in [9.17, 15) is 4.79 Å². The summed E-state index contributed by atoms with van der Waals surface area (Å²) in [5.41, 5.74) is 0.763. The van der Waals surface area contributed by atoms with Gasteiger partial charge in [-0.15, -0.1) is 0 Å². The summed E-state index contributed by atoms with van der Waals surface area (Å²) in [5.74, 6) is 2.65. The molecule has 0 spiro atoms.